The third-order valence-corrected chi connectivity index (χ3v) is 5.98. The number of ether oxygens (including phenoxy) is 2. The SMILES string of the molecule is CC(OC(=O)C(C)SCC(=O)Nc1ccc(F)cc1)C(=O)NC1CCOc2ccccc21. The first kappa shape index (κ1) is 23.6. The highest BCUT2D eigenvalue weighted by molar-refractivity contribution is 8.01. The van der Waals surface area contributed by atoms with Gasteiger partial charge in [-0.25, -0.2) is 4.39 Å². The summed E-state index contributed by atoms with van der Waals surface area (Å²) in [5.74, 6) is -0.964. The molecule has 0 saturated carbocycles. The lowest BCUT2D eigenvalue weighted by atomic mass is 10.0. The van der Waals surface area contributed by atoms with Gasteiger partial charge in [-0.3, -0.25) is 14.4 Å². The van der Waals surface area contributed by atoms with Crippen LogP contribution in [0, 0.1) is 5.82 Å². The predicted octanol–water partition coefficient (Wildman–Crippen LogP) is 3.46. The van der Waals surface area contributed by atoms with Gasteiger partial charge in [0.2, 0.25) is 5.91 Å². The second kappa shape index (κ2) is 11.0. The van der Waals surface area contributed by atoms with Crippen molar-refractivity contribution >= 4 is 35.2 Å². The summed E-state index contributed by atoms with van der Waals surface area (Å²) in [4.78, 5) is 36.9. The Kier molecular flexibility index (Phi) is 8.10. The van der Waals surface area contributed by atoms with E-state index in [1.807, 2.05) is 24.3 Å². The van der Waals surface area contributed by atoms with Crippen LogP contribution in [-0.4, -0.2) is 41.5 Å². The van der Waals surface area contributed by atoms with Gasteiger partial charge in [0.05, 0.1) is 18.4 Å². The summed E-state index contributed by atoms with van der Waals surface area (Å²) in [6.45, 7) is 3.61. The molecule has 1 aliphatic rings. The van der Waals surface area contributed by atoms with Crippen LogP contribution in [0.3, 0.4) is 0 Å². The number of esters is 1. The third kappa shape index (κ3) is 6.46. The van der Waals surface area contributed by atoms with Crippen LogP contribution in [-0.2, 0) is 19.1 Å². The molecule has 0 radical (unpaired) electrons. The molecule has 0 bridgehead atoms. The molecule has 32 heavy (non-hydrogen) atoms. The highest BCUT2D eigenvalue weighted by Gasteiger charge is 2.27. The number of hydrogen-bond acceptors (Lipinski definition) is 6. The van der Waals surface area contributed by atoms with Crippen LogP contribution in [0.4, 0.5) is 10.1 Å². The summed E-state index contributed by atoms with van der Waals surface area (Å²) in [6, 6.07) is 12.7. The van der Waals surface area contributed by atoms with Crippen LogP contribution in [0.1, 0.15) is 31.9 Å². The maximum Gasteiger partial charge on any atom is 0.319 e. The van der Waals surface area contributed by atoms with E-state index < -0.39 is 29.0 Å². The molecule has 0 aromatic heterocycles. The van der Waals surface area contributed by atoms with Crippen molar-refractivity contribution in [1.29, 1.82) is 0 Å². The van der Waals surface area contributed by atoms with E-state index in [9.17, 15) is 18.8 Å². The lowest BCUT2D eigenvalue weighted by molar-refractivity contribution is -0.154. The molecule has 2 amide bonds. The average molecular weight is 461 g/mol. The van der Waals surface area contributed by atoms with Gasteiger partial charge in [-0.1, -0.05) is 18.2 Å². The minimum atomic E-state index is -0.978. The Balaban J connectivity index is 1.43. The summed E-state index contributed by atoms with van der Waals surface area (Å²) < 4.78 is 23.8. The highest BCUT2D eigenvalue weighted by Crippen LogP contribution is 2.31. The number of carbonyl (C=O) groups excluding carboxylic acids is 3. The van der Waals surface area contributed by atoms with Crippen molar-refractivity contribution in [2.45, 2.75) is 37.7 Å². The Labute approximate surface area is 190 Å². The molecular formula is C23H25FN2O5S. The fraction of sp³-hybridized carbons (Fsp3) is 0.348. The zero-order chi connectivity index (χ0) is 23.1. The van der Waals surface area contributed by atoms with Crippen molar-refractivity contribution in [2.75, 3.05) is 17.7 Å². The molecule has 3 atom stereocenters. The standard InChI is InChI=1S/C23H25FN2O5S/c1-14(22(28)26-19-11-12-30-20-6-4-3-5-18(19)20)31-23(29)15(2)32-13-21(27)25-17-9-7-16(24)8-10-17/h3-10,14-15,19H,11-13H2,1-2H3,(H,25,27)(H,26,28). The number of halogens is 1. The fourth-order valence-electron chi connectivity index (χ4n) is 3.10. The predicted molar refractivity (Wildman–Crippen MR) is 120 cm³/mol. The number of carbonyl (C=O) groups is 3. The molecule has 170 valence electrons. The minimum absolute atomic E-state index is 0.00702. The number of nitrogens with one attached hydrogen (secondary N) is 2. The smallest absolute Gasteiger partial charge is 0.319 e. The van der Waals surface area contributed by atoms with Crippen molar-refractivity contribution in [3.63, 3.8) is 0 Å². The van der Waals surface area contributed by atoms with Gasteiger partial charge in [0.1, 0.15) is 16.8 Å². The summed E-state index contributed by atoms with van der Waals surface area (Å²) in [5, 5.41) is 4.88. The zero-order valence-corrected chi connectivity index (χ0v) is 18.6. The quantitative estimate of drug-likeness (QED) is 0.586. The summed E-state index contributed by atoms with van der Waals surface area (Å²) >= 11 is 1.09. The van der Waals surface area contributed by atoms with E-state index >= 15 is 0 Å². The Morgan fingerprint density at radius 3 is 2.62 bits per heavy atom. The molecule has 3 unspecified atom stereocenters. The van der Waals surface area contributed by atoms with E-state index in [1.54, 1.807) is 6.92 Å². The zero-order valence-electron chi connectivity index (χ0n) is 17.8. The van der Waals surface area contributed by atoms with Crippen LogP contribution >= 0.6 is 11.8 Å². The van der Waals surface area contributed by atoms with Crippen molar-refractivity contribution in [3.05, 3.63) is 59.9 Å². The van der Waals surface area contributed by atoms with Gasteiger partial charge >= 0.3 is 5.97 Å². The second-order valence-electron chi connectivity index (χ2n) is 7.32. The lowest BCUT2D eigenvalue weighted by Crippen LogP contribution is -2.40. The Bertz CT molecular complexity index is 969. The molecule has 1 aliphatic heterocycles. The van der Waals surface area contributed by atoms with Crippen molar-refractivity contribution in [1.82, 2.24) is 5.32 Å². The van der Waals surface area contributed by atoms with Crippen LogP contribution in [0.25, 0.3) is 0 Å². The molecule has 0 spiro atoms. The van der Waals surface area contributed by atoms with Gasteiger partial charge in [0, 0.05) is 17.7 Å². The van der Waals surface area contributed by atoms with Crippen LogP contribution in [0.2, 0.25) is 0 Å². The first-order valence-electron chi connectivity index (χ1n) is 10.2. The topological polar surface area (TPSA) is 93.7 Å². The van der Waals surface area contributed by atoms with Crippen LogP contribution in [0.5, 0.6) is 5.75 Å². The van der Waals surface area contributed by atoms with Crippen molar-refractivity contribution in [3.8, 4) is 5.75 Å². The Hall–Kier alpha value is -3.07. The highest BCUT2D eigenvalue weighted by atomic mass is 32.2. The molecule has 7 nitrogen and oxygen atoms in total. The van der Waals surface area contributed by atoms with Crippen LogP contribution < -0.4 is 15.4 Å². The summed E-state index contributed by atoms with van der Waals surface area (Å²) in [7, 11) is 0. The fourth-order valence-corrected chi connectivity index (χ4v) is 3.77. The summed E-state index contributed by atoms with van der Waals surface area (Å²) in [6.07, 6.45) is -0.354. The second-order valence-corrected chi connectivity index (χ2v) is 8.65. The number of para-hydroxylation sites is 1. The van der Waals surface area contributed by atoms with E-state index in [2.05, 4.69) is 10.6 Å². The molecule has 2 N–H and O–H groups in total. The number of amides is 2. The first-order valence-corrected chi connectivity index (χ1v) is 11.3. The monoisotopic (exact) mass is 460 g/mol. The first-order chi connectivity index (χ1) is 15.3. The van der Waals surface area contributed by atoms with Gasteiger partial charge in [0.25, 0.3) is 5.91 Å². The maximum atomic E-state index is 12.9. The van der Waals surface area contributed by atoms with Gasteiger partial charge in [-0.2, -0.15) is 0 Å². The maximum absolute atomic E-state index is 12.9. The van der Waals surface area contributed by atoms with Gasteiger partial charge in [0.15, 0.2) is 6.10 Å². The normalized spacial score (nSPS) is 16.7. The minimum Gasteiger partial charge on any atom is -0.493 e. The van der Waals surface area contributed by atoms with Gasteiger partial charge < -0.3 is 20.1 Å². The number of rotatable bonds is 8. The number of anilines is 1. The van der Waals surface area contributed by atoms with Crippen molar-refractivity contribution in [2.24, 2.45) is 0 Å². The van der Waals surface area contributed by atoms with Crippen LogP contribution in [0.15, 0.2) is 48.5 Å². The van der Waals surface area contributed by atoms with E-state index in [-0.39, 0.29) is 17.7 Å². The number of thioether (sulfide) groups is 1. The molecule has 1 heterocycles. The third-order valence-electron chi connectivity index (χ3n) is 4.86. The Morgan fingerprint density at radius 2 is 1.88 bits per heavy atom. The molecule has 2 aromatic carbocycles. The molecule has 0 fully saturated rings. The number of hydrogen-bond donors (Lipinski definition) is 2. The largest absolute Gasteiger partial charge is 0.493 e. The molecule has 2 aromatic rings. The molecule has 0 saturated heterocycles. The van der Waals surface area contributed by atoms with E-state index in [0.717, 1.165) is 23.1 Å². The number of benzene rings is 2. The average Bonchev–Trinajstić information content (AvgIpc) is 2.79. The molecule has 9 heteroatoms. The molecular weight excluding hydrogens is 435 g/mol. The molecule has 3 rings (SSSR count). The molecule has 0 aliphatic carbocycles. The summed E-state index contributed by atoms with van der Waals surface area (Å²) in [5.41, 5.74) is 1.36. The Morgan fingerprint density at radius 1 is 1.16 bits per heavy atom. The van der Waals surface area contributed by atoms with Crippen molar-refractivity contribution < 1.29 is 28.2 Å². The number of fused-ring (bicyclic) bond motifs is 1. The van der Waals surface area contributed by atoms with E-state index in [4.69, 9.17) is 9.47 Å². The van der Waals surface area contributed by atoms with E-state index in [1.165, 1.54) is 31.2 Å². The van der Waals surface area contributed by atoms with E-state index in [0.29, 0.717) is 18.7 Å². The van der Waals surface area contributed by atoms with Gasteiger partial charge in [-0.05, 0) is 44.2 Å². The van der Waals surface area contributed by atoms with Gasteiger partial charge in [-0.15, -0.1) is 11.8 Å². The lowest BCUT2D eigenvalue weighted by Gasteiger charge is -2.27.